The van der Waals surface area contributed by atoms with Crippen LogP contribution in [0.25, 0.3) is 0 Å². The molecule has 0 heterocycles. The third kappa shape index (κ3) is 10.4. The zero-order chi connectivity index (χ0) is 20.1. The van der Waals surface area contributed by atoms with E-state index in [9.17, 15) is 10.2 Å². The fraction of sp³-hybridized carbons (Fsp3) is 0.167. The second-order valence-corrected chi connectivity index (χ2v) is 5.96. The van der Waals surface area contributed by atoms with Gasteiger partial charge in [-0.15, -0.1) is 5.10 Å². The number of nitrogens with zero attached hydrogens (tertiary/aromatic N) is 3. The molecular weight excluding hydrogens is 473 g/mol. The minimum absolute atomic E-state index is 0. The second kappa shape index (κ2) is 15.0. The van der Waals surface area contributed by atoms with Crippen LogP contribution in [0.5, 0.6) is 11.5 Å². The number of phenols is 1. The van der Waals surface area contributed by atoms with E-state index in [1.807, 2.05) is 0 Å². The van der Waals surface area contributed by atoms with Crippen molar-refractivity contribution in [2.75, 3.05) is 6.61 Å². The summed E-state index contributed by atoms with van der Waals surface area (Å²) in [6, 6.07) is 11.7. The molecule has 0 unspecified atom stereocenters. The molecule has 6 nitrogen and oxygen atoms in total. The van der Waals surface area contributed by atoms with E-state index < -0.39 is 0 Å². The van der Waals surface area contributed by atoms with Crippen LogP contribution in [0, 0.1) is 10.7 Å². The Morgan fingerprint density at radius 3 is 2.57 bits per heavy atom. The summed E-state index contributed by atoms with van der Waals surface area (Å²) in [7, 11) is 0. The maximum atomic E-state index is 9.66. The first-order valence-electron chi connectivity index (χ1n) is 7.64. The molecule has 0 radical (unpaired) electrons. The number of rotatable bonds is 7. The van der Waals surface area contributed by atoms with E-state index in [0.717, 1.165) is 0 Å². The molecule has 0 saturated carbocycles. The third-order valence-electron chi connectivity index (χ3n) is 3.00. The number of phenolic OH excluding ortho intramolecular Hbond substituents is 1. The molecule has 2 N–H and O–H groups in total. The summed E-state index contributed by atoms with van der Waals surface area (Å²) >= 11 is 15.5. The zero-order valence-electron chi connectivity index (χ0n) is 14.4. The third-order valence-corrected chi connectivity index (χ3v) is 3.53. The molecule has 0 fully saturated rings. The first kappa shape index (κ1) is 26.0. The number of para-hydroxylation sites is 1. The summed E-state index contributed by atoms with van der Waals surface area (Å²) in [5.74, 6) is 0.520. The Morgan fingerprint density at radius 1 is 1.25 bits per heavy atom. The largest absolute Gasteiger partial charge is 1.00 e. The van der Waals surface area contributed by atoms with Crippen molar-refractivity contribution in [1.29, 1.82) is 5.26 Å². The van der Waals surface area contributed by atoms with Crippen molar-refractivity contribution in [3.8, 4) is 16.9 Å². The van der Waals surface area contributed by atoms with E-state index >= 15 is 0 Å². The van der Waals surface area contributed by atoms with Gasteiger partial charge in [0.2, 0.25) is 5.90 Å². The number of ether oxygens (including phenoxy) is 1. The Hall–Kier alpha value is -2.01. The van der Waals surface area contributed by atoms with Crippen molar-refractivity contribution >= 4 is 47.9 Å². The number of nitriles is 1. The van der Waals surface area contributed by atoms with Gasteiger partial charge in [-0.1, -0.05) is 40.7 Å². The van der Waals surface area contributed by atoms with Gasteiger partial charge in [0, 0.05) is 17.0 Å². The van der Waals surface area contributed by atoms with E-state index in [4.69, 9.17) is 33.2 Å². The molecule has 152 valence electrons. The summed E-state index contributed by atoms with van der Waals surface area (Å²) in [5, 5.41) is 36.1. The van der Waals surface area contributed by atoms with Gasteiger partial charge in [0.05, 0.1) is 17.8 Å². The molecule has 0 atom stereocenters. The average Bonchev–Trinajstić information content (AvgIpc) is 2.62. The fourth-order valence-corrected chi connectivity index (χ4v) is 2.27. The maximum Gasteiger partial charge on any atom is 1.00 e. The number of aliphatic hydroxyl groups is 1. The molecule has 0 amide bonds. The Bertz CT molecular complexity index is 845. The van der Waals surface area contributed by atoms with Crippen LogP contribution in [0.4, 0.5) is 0 Å². The van der Waals surface area contributed by atoms with Crippen molar-refractivity contribution in [3.63, 3.8) is 0 Å². The smallest absolute Gasteiger partial charge is 0.696 e. The first-order chi connectivity index (χ1) is 13.0. The van der Waals surface area contributed by atoms with Gasteiger partial charge < -0.3 is 27.6 Å². The Morgan fingerprint density at radius 2 is 1.93 bits per heavy atom. The predicted molar refractivity (Wildman–Crippen MR) is 110 cm³/mol. The number of benzene rings is 2. The minimum atomic E-state index is -0.118. The van der Waals surface area contributed by atoms with Gasteiger partial charge in [-0.3, -0.25) is 0 Å². The molecule has 2 aromatic rings. The van der Waals surface area contributed by atoms with Crippen molar-refractivity contribution < 1.29 is 32.0 Å². The molecule has 0 aromatic heterocycles. The fourth-order valence-electron chi connectivity index (χ4n) is 1.81. The van der Waals surface area contributed by atoms with Crippen LogP contribution in [0.3, 0.4) is 0 Å². The Balaban J connectivity index is 0.00000171. The van der Waals surface area contributed by atoms with Crippen molar-refractivity contribution in [1.82, 2.24) is 0 Å². The predicted octanol–water partition coefficient (Wildman–Crippen LogP) is 4.86. The molecule has 2 rings (SSSR count). The molecule has 0 aliphatic heterocycles. The van der Waals surface area contributed by atoms with E-state index in [2.05, 4.69) is 22.8 Å². The normalized spacial score (nSPS) is 10.4. The van der Waals surface area contributed by atoms with Crippen LogP contribution >= 0.6 is 23.2 Å². The zero-order valence-corrected chi connectivity index (χ0v) is 17.6. The van der Waals surface area contributed by atoms with E-state index in [-0.39, 0.29) is 28.7 Å². The SMILES string of the molecule is N#C[S-].OC(CCCOc1ccc(Cl)cc1Cl)=NN=Cc1ccccc1O.[Cu+]. The van der Waals surface area contributed by atoms with Gasteiger partial charge >= 0.3 is 17.1 Å². The molecule has 0 bridgehead atoms. The summed E-state index contributed by atoms with van der Waals surface area (Å²) in [4.78, 5) is 0. The van der Waals surface area contributed by atoms with Crippen LogP contribution in [0.2, 0.25) is 10.0 Å². The van der Waals surface area contributed by atoms with E-state index in [1.54, 1.807) is 42.5 Å². The van der Waals surface area contributed by atoms with Crippen LogP contribution in [0.15, 0.2) is 52.7 Å². The summed E-state index contributed by atoms with van der Waals surface area (Å²) < 4.78 is 5.50. The molecular formula is C18H16Cl2CuN3O3S. The number of thiocyanates is 1. The van der Waals surface area contributed by atoms with Crippen molar-refractivity contribution in [2.24, 2.45) is 10.2 Å². The number of hydrogen-bond acceptors (Lipinski definition) is 6. The Labute approximate surface area is 189 Å². The van der Waals surface area contributed by atoms with Crippen LogP contribution in [-0.2, 0) is 29.7 Å². The molecule has 0 spiro atoms. The van der Waals surface area contributed by atoms with Gasteiger partial charge in [0.15, 0.2) is 0 Å². The van der Waals surface area contributed by atoms with Crippen molar-refractivity contribution in [2.45, 2.75) is 12.8 Å². The standard InChI is InChI=1S/C17H16Cl2N2O3.CHNS.Cu/c18-13-7-8-16(14(19)10-13)24-9-3-6-17(23)21-20-11-12-4-1-2-5-15(12)22;2-1-3;/h1-2,4-5,7-8,10-11,22H,3,6,9H2,(H,21,23);3H;/q;;+1/p-1. The van der Waals surface area contributed by atoms with Gasteiger partial charge in [-0.2, -0.15) is 5.10 Å². The van der Waals surface area contributed by atoms with Crippen LogP contribution < -0.4 is 4.74 Å². The minimum Gasteiger partial charge on any atom is -0.696 e. The van der Waals surface area contributed by atoms with Gasteiger partial charge in [0.25, 0.3) is 0 Å². The summed E-state index contributed by atoms with van der Waals surface area (Å²) in [6.45, 7) is 0.365. The Kier molecular flexibility index (Phi) is 13.9. The second-order valence-electron chi connectivity index (χ2n) is 4.94. The molecule has 28 heavy (non-hydrogen) atoms. The molecule has 0 saturated heterocycles. The van der Waals surface area contributed by atoms with Crippen LogP contribution in [0.1, 0.15) is 18.4 Å². The topological polar surface area (TPSA) is 98.2 Å². The molecule has 2 aromatic carbocycles. The maximum absolute atomic E-state index is 9.66. The number of aromatic hydroxyl groups is 1. The monoisotopic (exact) mass is 487 g/mol. The van der Waals surface area contributed by atoms with Crippen molar-refractivity contribution in [3.05, 3.63) is 58.1 Å². The van der Waals surface area contributed by atoms with Gasteiger partial charge in [-0.25, -0.2) is 5.26 Å². The average molecular weight is 489 g/mol. The molecule has 0 aliphatic rings. The molecule has 10 heteroatoms. The van der Waals surface area contributed by atoms with E-state index in [1.165, 1.54) is 11.6 Å². The van der Waals surface area contributed by atoms with E-state index in [0.29, 0.717) is 40.8 Å². The van der Waals surface area contributed by atoms with Gasteiger partial charge in [0.1, 0.15) is 11.5 Å². The summed E-state index contributed by atoms with van der Waals surface area (Å²) in [5.41, 5.74) is 0.523. The number of aliphatic hydroxyl groups excluding tert-OH is 1. The quantitative estimate of drug-likeness (QED) is 0.110. The summed E-state index contributed by atoms with van der Waals surface area (Å²) in [6.07, 6.45) is 2.22. The number of halogens is 2. The number of hydrogen-bond donors (Lipinski definition) is 2. The van der Waals surface area contributed by atoms with Gasteiger partial charge in [-0.05, 0) is 36.8 Å². The van der Waals surface area contributed by atoms with Crippen LogP contribution in [-0.4, -0.2) is 28.9 Å². The molecule has 0 aliphatic carbocycles. The first-order valence-corrected chi connectivity index (χ1v) is 8.80.